The molecule has 1 aromatic rings. The molecule has 0 spiro atoms. The quantitative estimate of drug-likeness (QED) is 0.752. The first-order chi connectivity index (χ1) is 7.76. The average molecular weight is 259 g/mol. The number of aliphatic hydroxyl groups excluding tert-OH is 1. The maximum absolute atomic E-state index is 8.99. The molecule has 2 atom stereocenters. The zero-order chi connectivity index (χ0) is 11.8. The summed E-state index contributed by atoms with van der Waals surface area (Å²) in [5, 5.41) is 16.9. The molecule has 92 valence electrons. The largest absolute Gasteiger partial charge is 0.396 e. The van der Waals surface area contributed by atoms with Crippen LogP contribution in [0.15, 0.2) is 16.8 Å². The lowest BCUT2D eigenvalue weighted by Crippen LogP contribution is -2.39. The summed E-state index contributed by atoms with van der Waals surface area (Å²) in [7, 11) is 0. The molecule has 1 rings (SSSR count). The molecule has 16 heavy (non-hydrogen) atoms. The van der Waals surface area contributed by atoms with Crippen LogP contribution in [0.5, 0.6) is 0 Å². The van der Waals surface area contributed by atoms with Crippen LogP contribution in [0.2, 0.25) is 0 Å². The minimum absolute atomic E-state index is 0.267. The van der Waals surface area contributed by atoms with E-state index >= 15 is 0 Å². The topological polar surface area (TPSA) is 32.3 Å². The first-order valence-electron chi connectivity index (χ1n) is 5.63. The Kier molecular flexibility index (Phi) is 7.12. The Morgan fingerprint density at radius 1 is 1.56 bits per heavy atom. The van der Waals surface area contributed by atoms with Crippen molar-refractivity contribution in [3.63, 3.8) is 0 Å². The first-order valence-corrected chi connectivity index (χ1v) is 7.96. The summed E-state index contributed by atoms with van der Waals surface area (Å²) in [6.07, 6.45) is 4.02. The number of thiophene rings is 1. The minimum Gasteiger partial charge on any atom is -0.396 e. The van der Waals surface area contributed by atoms with Crippen molar-refractivity contribution in [2.75, 3.05) is 18.6 Å². The number of aliphatic hydroxyl groups is 1. The van der Waals surface area contributed by atoms with Gasteiger partial charge in [0, 0.05) is 24.4 Å². The number of thioether (sulfide) groups is 1. The van der Waals surface area contributed by atoms with Gasteiger partial charge in [-0.1, -0.05) is 0 Å². The van der Waals surface area contributed by atoms with E-state index < -0.39 is 0 Å². The Bertz CT molecular complexity index is 258. The van der Waals surface area contributed by atoms with E-state index in [1.165, 1.54) is 5.56 Å². The van der Waals surface area contributed by atoms with Gasteiger partial charge in [-0.25, -0.2) is 0 Å². The van der Waals surface area contributed by atoms with Crippen LogP contribution in [0.25, 0.3) is 0 Å². The van der Waals surface area contributed by atoms with Gasteiger partial charge in [0.05, 0.1) is 0 Å². The summed E-state index contributed by atoms with van der Waals surface area (Å²) in [4.78, 5) is 0. The fraction of sp³-hybridized carbons (Fsp3) is 0.667. The van der Waals surface area contributed by atoms with Gasteiger partial charge in [-0.2, -0.15) is 23.1 Å². The Labute approximate surface area is 106 Å². The van der Waals surface area contributed by atoms with Crippen molar-refractivity contribution in [1.29, 1.82) is 0 Å². The number of hydrogen-bond acceptors (Lipinski definition) is 4. The zero-order valence-electron chi connectivity index (χ0n) is 9.98. The van der Waals surface area contributed by atoms with Gasteiger partial charge < -0.3 is 10.4 Å². The van der Waals surface area contributed by atoms with Crippen molar-refractivity contribution >= 4 is 23.1 Å². The maximum atomic E-state index is 8.99. The van der Waals surface area contributed by atoms with Gasteiger partial charge in [0.25, 0.3) is 0 Å². The van der Waals surface area contributed by atoms with Crippen LogP contribution in [0.3, 0.4) is 0 Å². The lowest BCUT2D eigenvalue weighted by atomic mass is 10.1. The molecule has 2 unspecified atom stereocenters. The van der Waals surface area contributed by atoms with E-state index in [9.17, 15) is 0 Å². The van der Waals surface area contributed by atoms with Crippen LogP contribution in [0.1, 0.15) is 18.9 Å². The van der Waals surface area contributed by atoms with Crippen LogP contribution in [-0.2, 0) is 6.42 Å². The summed E-state index contributed by atoms with van der Waals surface area (Å²) in [5.41, 5.74) is 1.40. The van der Waals surface area contributed by atoms with Gasteiger partial charge in [-0.05, 0) is 48.4 Å². The summed E-state index contributed by atoms with van der Waals surface area (Å²) in [6, 6.07) is 3.07. The van der Waals surface area contributed by atoms with Crippen molar-refractivity contribution in [3.05, 3.63) is 22.4 Å². The Hall–Kier alpha value is -0.0300. The fourth-order valence-corrected chi connectivity index (χ4v) is 3.14. The lowest BCUT2D eigenvalue weighted by molar-refractivity contribution is 0.265. The van der Waals surface area contributed by atoms with E-state index in [2.05, 4.69) is 35.3 Å². The predicted molar refractivity (Wildman–Crippen MR) is 74.5 cm³/mol. The summed E-state index contributed by atoms with van der Waals surface area (Å²) >= 11 is 3.58. The SMILES string of the molecule is CSCC(CCO)NC(C)Cc1ccsc1. The second-order valence-electron chi connectivity index (χ2n) is 4.07. The highest BCUT2D eigenvalue weighted by atomic mass is 32.2. The van der Waals surface area contributed by atoms with Crippen molar-refractivity contribution in [2.45, 2.75) is 31.8 Å². The van der Waals surface area contributed by atoms with Gasteiger partial charge in [-0.15, -0.1) is 0 Å². The molecular formula is C12H21NOS2. The molecule has 0 aromatic carbocycles. The molecule has 0 fully saturated rings. The molecule has 4 heteroatoms. The maximum Gasteiger partial charge on any atom is 0.0446 e. The van der Waals surface area contributed by atoms with Gasteiger partial charge in [0.2, 0.25) is 0 Å². The van der Waals surface area contributed by atoms with Crippen LogP contribution < -0.4 is 5.32 Å². The molecular weight excluding hydrogens is 238 g/mol. The molecule has 1 heterocycles. The normalized spacial score (nSPS) is 14.9. The molecule has 0 aliphatic heterocycles. The minimum atomic E-state index is 0.267. The average Bonchev–Trinajstić information content (AvgIpc) is 2.71. The van der Waals surface area contributed by atoms with Crippen molar-refractivity contribution < 1.29 is 5.11 Å². The highest BCUT2D eigenvalue weighted by Crippen LogP contribution is 2.10. The highest BCUT2D eigenvalue weighted by Gasteiger charge is 2.11. The third kappa shape index (κ3) is 5.34. The zero-order valence-corrected chi connectivity index (χ0v) is 11.6. The van der Waals surface area contributed by atoms with E-state index in [0.717, 1.165) is 18.6 Å². The third-order valence-corrected chi connectivity index (χ3v) is 3.96. The smallest absolute Gasteiger partial charge is 0.0446 e. The van der Waals surface area contributed by atoms with Crippen LogP contribution in [0.4, 0.5) is 0 Å². The molecule has 1 aromatic heterocycles. The Balaban J connectivity index is 2.32. The van der Waals surface area contributed by atoms with E-state index in [1.54, 1.807) is 11.3 Å². The Morgan fingerprint density at radius 3 is 2.94 bits per heavy atom. The lowest BCUT2D eigenvalue weighted by Gasteiger charge is -2.22. The monoisotopic (exact) mass is 259 g/mol. The molecule has 0 bridgehead atoms. The van der Waals surface area contributed by atoms with Gasteiger partial charge in [0.1, 0.15) is 0 Å². The molecule has 0 radical (unpaired) electrons. The number of rotatable bonds is 8. The van der Waals surface area contributed by atoms with E-state index in [1.807, 2.05) is 11.8 Å². The van der Waals surface area contributed by atoms with Crippen LogP contribution in [-0.4, -0.2) is 35.8 Å². The third-order valence-electron chi connectivity index (χ3n) is 2.49. The molecule has 0 saturated heterocycles. The van der Waals surface area contributed by atoms with Gasteiger partial charge in [0.15, 0.2) is 0 Å². The van der Waals surface area contributed by atoms with E-state index in [4.69, 9.17) is 5.11 Å². The first kappa shape index (κ1) is 14.0. The molecule has 0 amide bonds. The van der Waals surface area contributed by atoms with Crippen molar-refractivity contribution in [2.24, 2.45) is 0 Å². The molecule has 0 saturated carbocycles. The number of hydrogen-bond donors (Lipinski definition) is 2. The summed E-state index contributed by atoms with van der Waals surface area (Å²) in [6.45, 7) is 2.48. The molecule has 2 nitrogen and oxygen atoms in total. The molecule has 2 N–H and O–H groups in total. The second-order valence-corrected chi connectivity index (χ2v) is 5.76. The van der Waals surface area contributed by atoms with Crippen LogP contribution in [0, 0.1) is 0 Å². The molecule has 0 aliphatic rings. The standard InChI is InChI=1S/C12H21NOS2/c1-10(7-11-4-6-16-8-11)13-12(3-5-14)9-15-2/h4,6,8,10,12-14H,3,5,7,9H2,1-2H3. The summed E-state index contributed by atoms with van der Waals surface area (Å²) in [5.74, 6) is 1.06. The second kappa shape index (κ2) is 8.12. The number of nitrogens with one attached hydrogen (secondary N) is 1. The predicted octanol–water partition coefficient (Wildman–Crippen LogP) is 2.38. The van der Waals surface area contributed by atoms with Gasteiger partial charge >= 0.3 is 0 Å². The van der Waals surface area contributed by atoms with Gasteiger partial charge in [-0.3, -0.25) is 0 Å². The van der Waals surface area contributed by atoms with Crippen molar-refractivity contribution in [3.8, 4) is 0 Å². The Morgan fingerprint density at radius 2 is 2.38 bits per heavy atom. The van der Waals surface area contributed by atoms with Crippen molar-refractivity contribution in [1.82, 2.24) is 5.32 Å². The van der Waals surface area contributed by atoms with Crippen LogP contribution >= 0.6 is 23.1 Å². The summed E-state index contributed by atoms with van der Waals surface area (Å²) < 4.78 is 0. The highest BCUT2D eigenvalue weighted by molar-refractivity contribution is 7.98. The molecule has 0 aliphatic carbocycles. The van der Waals surface area contributed by atoms with E-state index in [0.29, 0.717) is 12.1 Å². The van der Waals surface area contributed by atoms with E-state index in [-0.39, 0.29) is 6.61 Å². The fourth-order valence-electron chi connectivity index (χ4n) is 1.80.